The molecule has 0 spiro atoms. The van der Waals surface area contributed by atoms with Gasteiger partial charge in [-0.15, -0.1) is 0 Å². The Labute approximate surface area is 116 Å². The summed E-state index contributed by atoms with van der Waals surface area (Å²) in [6.07, 6.45) is 0. The summed E-state index contributed by atoms with van der Waals surface area (Å²) in [5.41, 5.74) is 7.24. The third kappa shape index (κ3) is 2.66. The first-order valence-corrected chi connectivity index (χ1v) is 6.17. The number of rotatable bonds is 3. The first kappa shape index (κ1) is 13.7. The molecule has 5 nitrogen and oxygen atoms in total. The molecule has 0 aliphatic rings. The number of aromatic hydroxyl groups is 2. The predicted molar refractivity (Wildman–Crippen MR) is 76.5 cm³/mol. The van der Waals surface area contributed by atoms with Gasteiger partial charge < -0.3 is 21.3 Å². The topological polar surface area (TPSA) is 95.6 Å². The highest BCUT2D eigenvalue weighted by Crippen LogP contribution is 2.28. The van der Waals surface area contributed by atoms with Crippen LogP contribution in [0.15, 0.2) is 42.5 Å². The Hall–Kier alpha value is -2.69. The molecule has 0 aromatic heterocycles. The normalized spacial score (nSPS) is 11.8. The van der Waals surface area contributed by atoms with Crippen molar-refractivity contribution in [3.63, 3.8) is 0 Å². The summed E-state index contributed by atoms with van der Waals surface area (Å²) in [6.45, 7) is 1.80. The van der Waals surface area contributed by atoms with Gasteiger partial charge >= 0.3 is 0 Å². The second-order valence-electron chi connectivity index (χ2n) is 4.50. The Morgan fingerprint density at radius 3 is 2.55 bits per heavy atom. The number of carbonyl (C=O) groups excluding carboxylic acids is 1. The van der Waals surface area contributed by atoms with Crippen LogP contribution in [0.3, 0.4) is 0 Å². The lowest BCUT2D eigenvalue weighted by Gasteiger charge is -2.16. The van der Waals surface area contributed by atoms with Crippen LogP contribution >= 0.6 is 0 Å². The monoisotopic (exact) mass is 272 g/mol. The number of hydrogen-bond acceptors (Lipinski definition) is 4. The fourth-order valence-corrected chi connectivity index (χ4v) is 1.97. The van der Waals surface area contributed by atoms with Crippen molar-refractivity contribution in [3.05, 3.63) is 53.6 Å². The van der Waals surface area contributed by atoms with E-state index in [1.807, 2.05) is 18.2 Å². The Morgan fingerprint density at radius 1 is 1.15 bits per heavy atom. The third-order valence-electron chi connectivity index (χ3n) is 3.07. The van der Waals surface area contributed by atoms with Crippen LogP contribution in [-0.4, -0.2) is 16.1 Å². The highest BCUT2D eigenvalue weighted by atomic mass is 16.3. The number of nitrogens with one attached hydrogen (secondary N) is 1. The lowest BCUT2D eigenvalue weighted by molar-refractivity contribution is 0.0936. The maximum absolute atomic E-state index is 12.1. The Bertz CT molecular complexity index is 641. The quantitative estimate of drug-likeness (QED) is 0.508. The molecule has 1 unspecified atom stereocenters. The number of hydrogen-bond donors (Lipinski definition) is 4. The van der Waals surface area contributed by atoms with Crippen molar-refractivity contribution in [1.82, 2.24) is 5.32 Å². The van der Waals surface area contributed by atoms with E-state index >= 15 is 0 Å². The zero-order valence-corrected chi connectivity index (χ0v) is 11.0. The largest absolute Gasteiger partial charge is 0.504 e. The van der Waals surface area contributed by atoms with Crippen LogP contribution in [0.2, 0.25) is 0 Å². The van der Waals surface area contributed by atoms with E-state index in [0.717, 1.165) is 5.56 Å². The van der Waals surface area contributed by atoms with Crippen molar-refractivity contribution in [2.24, 2.45) is 0 Å². The molecule has 0 saturated heterocycles. The Morgan fingerprint density at radius 2 is 1.85 bits per heavy atom. The number of phenolic OH excluding ortho intramolecular Hbond substituents is 2. The molecule has 0 bridgehead atoms. The predicted octanol–water partition coefficient (Wildman–Crippen LogP) is 2.17. The van der Waals surface area contributed by atoms with Crippen molar-refractivity contribution >= 4 is 11.6 Å². The number of amides is 1. The number of para-hydroxylation sites is 2. The first-order chi connectivity index (χ1) is 9.50. The van der Waals surface area contributed by atoms with Crippen LogP contribution in [0.25, 0.3) is 0 Å². The minimum Gasteiger partial charge on any atom is -0.504 e. The Balaban J connectivity index is 2.20. The van der Waals surface area contributed by atoms with E-state index in [2.05, 4.69) is 5.32 Å². The van der Waals surface area contributed by atoms with Gasteiger partial charge in [-0.25, -0.2) is 0 Å². The van der Waals surface area contributed by atoms with Crippen molar-refractivity contribution in [2.75, 3.05) is 5.73 Å². The number of nitrogen functional groups attached to an aromatic ring is 1. The SMILES string of the molecule is CC(NC(=O)c1cccc(O)c1O)c1ccccc1N. The third-order valence-corrected chi connectivity index (χ3v) is 3.07. The maximum atomic E-state index is 12.1. The molecule has 0 saturated carbocycles. The fraction of sp³-hybridized carbons (Fsp3) is 0.133. The van der Waals surface area contributed by atoms with Crippen LogP contribution in [0.5, 0.6) is 11.5 Å². The lowest BCUT2D eigenvalue weighted by Crippen LogP contribution is -2.27. The molecule has 0 aliphatic heterocycles. The summed E-state index contributed by atoms with van der Waals surface area (Å²) in [6, 6.07) is 11.1. The number of phenols is 2. The van der Waals surface area contributed by atoms with Crippen LogP contribution in [0, 0.1) is 0 Å². The van der Waals surface area contributed by atoms with E-state index in [1.165, 1.54) is 18.2 Å². The highest BCUT2D eigenvalue weighted by molar-refractivity contribution is 5.97. The van der Waals surface area contributed by atoms with Crippen LogP contribution in [0.1, 0.15) is 28.9 Å². The number of benzene rings is 2. The standard InChI is InChI=1S/C15H16N2O3/c1-9(10-5-2-3-7-12(10)16)17-15(20)11-6-4-8-13(18)14(11)19/h2-9,18-19H,16H2,1H3,(H,17,20). The second-order valence-corrected chi connectivity index (χ2v) is 4.50. The second kappa shape index (κ2) is 5.52. The van der Waals surface area contributed by atoms with Crippen molar-refractivity contribution in [1.29, 1.82) is 0 Å². The summed E-state index contributed by atoms with van der Waals surface area (Å²) in [5.74, 6) is -1.24. The first-order valence-electron chi connectivity index (χ1n) is 6.17. The molecular formula is C15H16N2O3. The molecule has 0 radical (unpaired) electrons. The summed E-state index contributed by atoms with van der Waals surface area (Å²) in [4.78, 5) is 12.1. The van der Waals surface area contributed by atoms with Gasteiger partial charge in [0, 0.05) is 5.69 Å². The zero-order valence-electron chi connectivity index (χ0n) is 11.0. The van der Waals surface area contributed by atoms with Crippen LogP contribution in [-0.2, 0) is 0 Å². The van der Waals surface area contributed by atoms with Crippen molar-refractivity contribution < 1.29 is 15.0 Å². The van der Waals surface area contributed by atoms with Gasteiger partial charge in [0.25, 0.3) is 5.91 Å². The highest BCUT2D eigenvalue weighted by Gasteiger charge is 2.17. The van der Waals surface area contributed by atoms with Crippen LogP contribution in [0.4, 0.5) is 5.69 Å². The smallest absolute Gasteiger partial charge is 0.255 e. The minimum absolute atomic E-state index is 0.0198. The van der Waals surface area contributed by atoms with Gasteiger partial charge in [-0.1, -0.05) is 24.3 Å². The van der Waals surface area contributed by atoms with E-state index in [1.54, 1.807) is 13.0 Å². The molecule has 0 heterocycles. The molecule has 104 valence electrons. The van der Waals surface area contributed by atoms with Gasteiger partial charge in [0.2, 0.25) is 0 Å². The van der Waals surface area contributed by atoms with E-state index in [-0.39, 0.29) is 17.4 Å². The van der Waals surface area contributed by atoms with E-state index in [0.29, 0.717) is 5.69 Å². The maximum Gasteiger partial charge on any atom is 0.255 e. The molecule has 5 heteroatoms. The number of carbonyl (C=O) groups is 1. The summed E-state index contributed by atoms with van der Waals surface area (Å²) < 4.78 is 0. The zero-order chi connectivity index (χ0) is 14.7. The van der Waals surface area contributed by atoms with E-state index in [4.69, 9.17) is 5.73 Å². The average molecular weight is 272 g/mol. The molecular weight excluding hydrogens is 256 g/mol. The van der Waals surface area contributed by atoms with Gasteiger partial charge in [0.15, 0.2) is 11.5 Å². The summed E-state index contributed by atoms with van der Waals surface area (Å²) in [7, 11) is 0. The molecule has 2 aromatic rings. The average Bonchev–Trinajstić information content (AvgIpc) is 2.42. The van der Waals surface area contributed by atoms with Gasteiger partial charge in [0.1, 0.15) is 0 Å². The van der Waals surface area contributed by atoms with Crippen molar-refractivity contribution in [2.45, 2.75) is 13.0 Å². The molecule has 0 fully saturated rings. The van der Waals surface area contributed by atoms with Gasteiger partial charge in [-0.2, -0.15) is 0 Å². The van der Waals surface area contributed by atoms with Gasteiger partial charge in [-0.05, 0) is 30.7 Å². The van der Waals surface area contributed by atoms with Crippen molar-refractivity contribution in [3.8, 4) is 11.5 Å². The molecule has 2 rings (SSSR count). The van der Waals surface area contributed by atoms with Gasteiger partial charge in [-0.3, -0.25) is 4.79 Å². The van der Waals surface area contributed by atoms with Crippen LogP contribution < -0.4 is 11.1 Å². The van der Waals surface area contributed by atoms with Gasteiger partial charge in [0.05, 0.1) is 11.6 Å². The molecule has 5 N–H and O–H groups in total. The number of anilines is 1. The molecule has 20 heavy (non-hydrogen) atoms. The summed E-state index contributed by atoms with van der Waals surface area (Å²) >= 11 is 0. The molecule has 1 atom stereocenters. The lowest BCUT2D eigenvalue weighted by atomic mass is 10.1. The van der Waals surface area contributed by atoms with E-state index in [9.17, 15) is 15.0 Å². The molecule has 0 aliphatic carbocycles. The minimum atomic E-state index is -0.478. The molecule has 1 amide bonds. The molecule has 2 aromatic carbocycles. The Kier molecular flexibility index (Phi) is 3.79. The fourth-order valence-electron chi connectivity index (χ4n) is 1.97. The van der Waals surface area contributed by atoms with E-state index < -0.39 is 11.7 Å². The number of nitrogens with two attached hydrogens (primary N) is 1. The summed E-state index contributed by atoms with van der Waals surface area (Å²) in [5, 5.41) is 21.8.